The molecule has 0 aliphatic carbocycles. The minimum Gasteiger partial charge on any atom is -0.312 e. The zero-order chi connectivity index (χ0) is 22.0. The molecule has 9 nitrogen and oxygen atoms in total. The van der Waals surface area contributed by atoms with Crippen LogP contribution >= 0.6 is 0 Å². The molecular weight excluding hydrogens is 396 g/mol. The van der Waals surface area contributed by atoms with Crippen LogP contribution in [0.2, 0.25) is 0 Å². The SMILES string of the molecule is CCCc1cc(=O)[nH]c(-n2nc(C)cc2NC(=O)[C@@H]2CC(=O)N(c3ccccc3)C2)n1. The number of anilines is 2. The van der Waals surface area contributed by atoms with Crippen LogP contribution in [0, 0.1) is 12.8 Å². The zero-order valence-corrected chi connectivity index (χ0v) is 17.5. The molecule has 3 heterocycles. The molecule has 1 aliphatic rings. The Bertz CT molecular complexity index is 1170. The first-order valence-corrected chi connectivity index (χ1v) is 10.3. The van der Waals surface area contributed by atoms with Crippen molar-refractivity contribution in [1.29, 1.82) is 0 Å². The monoisotopic (exact) mass is 420 g/mol. The van der Waals surface area contributed by atoms with Crippen LogP contribution in [-0.4, -0.2) is 38.1 Å². The summed E-state index contributed by atoms with van der Waals surface area (Å²) in [5.41, 5.74) is 1.82. The lowest BCUT2D eigenvalue weighted by atomic mass is 10.1. The summed E-state index contributed by atoms with van der Waals surface area (Å²) >= 11 is 0. The molecule has 1 atom stereocenters. The fraction of sp³-hybridized carbons (Fsp3) is 0.318. The second-order valence-corrected chi connectivity index (χ2v) is 7.62. The van der Waals surface area contributed by atoms with Crippen molar-refractivity contribution < 1.29 is 9.59 Å². The molecule has 4 rings (SSSR count). The largest absolute Gasteiger partial charge is 0.312 e. The van der Waals surface area contributed by atoms with Crippen LogP contribution in [0.4, 0.5) is 11.5 Å². The van der Waals surface area contributed by atoms with Crippen molar-refractivity contribution in [3.63, 3.8) is 0 Å². The summed E-state index contributed by atoms with van der Waals surface area (Å²) in [6, 6.07) is 12.5. The number of benzene rings is 1. The van der Waals surface area contributed by atoms with Crippen LogP contribution < -0.4 is 15.8 Å². The first-order chi connectivity index (χ1) is 14.9. The Balaban J connectivity index is 1.55. The molecule has 1 fully saturated rings. The molecule has 0 radical (unpaired) electrons. The summed E-state index contributed by atoms with van der Waals surface area (Å²) in [7, 11) is 0. The molecule has 2 amide bonds. The number of carbonyl (C=O) groups excluding carboxylic acids is 2. The van der Waals surface area contributed by atoms with Gasteiger partial charge in [0.25, 0.3) is 5.56 Å². The highest BCUT2D eigenvalue weighted by Crippen LogP contribution is 2.26. The molecule has 1 aliphatic heterocycles. The van der Waals surface area contributed by atoms with Gasteiger partial charge in [-0.15, -0.1) is 0 Å². The number of nitrogens with one attached hydrogen (secondary N) is 2. The lowest BCUT2D eigenvalue weighted by Crippen LogP contribution is -2.28. The Morgan fingerprint density at radius 3 is 2.74 bits per heavy atom. The zero-order valence-electron chi connectivity index (χ0n) is 17.5. The van der Waals surface area contributed by atoms with Crippen LogP contribution in [0.3, 0.4) is 0 Å². The summed E-state index contributed by atoms with van der Waals surface area (Å²) < 4.78 is 1.42. The van der Waals surface area contributed by atoms with Crippen molar-refractivity contribution in [2.24, 2.45) is 5.92 Å². The third-order valence-electron chi connectivity index (χ3n) is 5.14. The third kappa shape index (κ3) is 4.40. The number of para-hydroxylation sites is 1. The summed E-state index contributed by atoms with van der Waals surface area (Å²) in [6.45, 7) is 4.10. The molecule has 1 saturated heterocycles. The van der Waals surface area contributed by atoms with Gasteiger partial charge >= 0.3 is 0 Å². The van der Waals surface area contributed by atoms with Gasteiger partial charge in [-0.25, -0.2) is 4.98 Å². The third-order valence-corrected chi connectivity index (χ3v) is 5.14. The second kappa shape index (κ2) is 8.55. The number of hydrogen-bond donors (Lipinski definition) is 2. The van der Waals surface area contributed by atoms with E-state index in [0.29, 0.717) is 30.2 Å². The van der Waals surface area contributed by atoms with Crippen molar-refractivity contribution in [3.8, 4) is 5.95 Å². The van der Waals surface area contributed by atoms with Crippen molar-refractivity contribution in [2.45, 2.75) is 33.1 Å². The number of hydrogen-bond acceptors (Lipinski definition) is 5. The topological polar surface area (TPSA) is 113 Å². The first-order valence-electron chi connectivity index (χ1n) is 10.3. The molecule has 2 aromatic heterocycles. The number of rotatable bonds is 6. The highest BCUT2D eigenvalue weighted by atomic mass is 16.2. The molecule has 0 spiro atoms. The Hall–Kier alpha value is -3.75. The van der Waals surface area contributed by atoms with Crippen LogP contribution in [0.1, 0.15) is 31.2 Å². The number of aromatic amines is 1. The van der Waals surface area contributed by atoms with E-state index in [1.807, 2.05) is 37.3 Å². The number of aryl methyl sites for hydroxylation is 2. The number of amides is 2. The maximum absolute atomic E-state index is 12.9. The standard InChI is InChI=1S/C22H24N6O3/c1-3-7-16-12-19(29)25-22(23-16)28-18(10-14(2)26-28)24-21(31)15-11-20(30)27(13-15)17-8-5-4-6-9-17/h4-6,8-10,12,15H,3,7,11,13H2,1-2H3,(H,24,31)(H,23,25,29)/t15-/m1/s1. The van der Waals surface area contributed by atoms with Crippen LogP contribution in [0.5, 0.6) is 0 Å². The molecule has 0 saturated carbocycles. The van der Waals surface area contributed by atoms with Gasteiger partial charge in [0, 0.05) is 36.5 Å². The molecule has 9 heteroatoms. The highest BCUT2D eigenvalue weighted by molar-refractivity contribution is 6.03. The maximum atomic E-state index is 12.9. The highest BCUT2D eigenvalue weighted by Gasteiger charge is 2.35. The van der Waals surface area contributed by atoms with Gasteiger partial charge < -0.3 is 10.2 Å². The van der Waals surface area contributed by atoms with E-state index in [1.165, 1.54) is 10.7 Å². The Morgan fingerprint density at radius 1 is 1.23 bits per heavy atom. The number of nitrogens with zero attached hydrogens (tertiary/aromatic N) is 4. The van der Waals surface area contributed by atoms with Gasteiger partial charge in [-0.05, 0) is 25.5 Å². The van der Waals surface area contributed by atoms with Gasteiger partial charge in [0.05, 0.1) is 11.6 Å². The first kappa shape index (κ1) is 20.5. The molecule has 31 heavy (non-hydrogen) atoms. The molecule has 160 valence electrons. The number of H-pyrrole nitrogens is 1. The fourth-order valence-electron chi connectivity index (χ4n) is 3.70. The van der Waals surface area contributed by atoms with Gasteiger partial charge in [-0.3, -0.25) is 19.4 Å². The van der Waals surface area contributed by atoms with Gasteiger partial charge in [0.2, 0.25) is 17.8 Å². The van der Waals surface area contributed by atoms with Gasteiger partial charge in [-0.2, -0.15) is 9.78 Å². The lowest BCUT2D eigenvalue weighted by Gasteiger charge is -2.16. The van der Waals surface area contributed by atoms with E-state index in [4.69, 9.17) is 0 Å². The Kier molecular flexibility index (Phi) is 5.66. The predicted octanol–water partition coefficient (Wildman–Crippen LogP) is 2.21. The Morgan fingerprint density at radius 2 is 2.00 bits per heavy atom. The van der Waals surface area contributed by atoms with Crippen molar-refractivity contribution in [3.05, 3.63) is 64.2 Å². The average molecular weight is 420 g/mol. The van der Waals surface area contributed by atoms with E-state index in [1.54, 1.807) is 17.9 Å². The smallest absolute Gasteiger partial charge is 0.252 e. The quantitative estimate of drug-likeness (QED) is 0.635. The van der Waals surface area contributed by atoms with Crippen molar-refractivity contribution in [2.75, 3.05) is 16.8 Å². The molecule has 3 aromatic rings. The normalized spacial score (nSPS) is 16.0. The lowest BCUT2D eigenvalue weighted by molar-refractivity contribution is -0.122. The van der Waals surface area contributed by atoms with Crippen LogP contribution in [-0.2, 0) is 16.0 Å². The summed E-state index contributed by atoms with van der Waals surface area (Å²) in [5, 5.41) is 7.23. The van der Waals surface area contributed by atoms with E-state index in [0.717, 1.165) is 12.1 Å². The van der Waals surface area contributed by atoms with E-state index >= 15 is 0 Å². The van der Waals surface area contributed by atoms with E-state index in [2.05, 4.69) is 20.4 Å². The molecular formula is C22H24N6O3. The van der Waals surface area contributed by atoms with Crippen LogP contribution in [0.15, 0.2) is 47.3 Å². The van der Waals surface area contributed by atoms with Crippen molar-refractivity contribution in [1.82, 2.24) is 19.7 Å². The van der Waals surface area contributed by atoms with Crippen molar-refractivity contribution >= 4 is 23.3 Å². The van der Waals surface area contributed by atoms with Crippen LogP contribution in [0.25, 0.3) is 5.95 Å². The summed E-state index contributed by atoms with van der Waals surface area (Å²) in [5.74, 6) is -0.221. The maximum Gasteiger partial charge on any atom is 0.252 e. The minimum atomic E-state index is -0.491. The van der Waals surface area contributed by atoms with Gasteiger partial charge in [0.1, 0.15) is 5.82 Å². The van der Waals surface area contributed by atoms with E-state index in [9.17, 15) is 14.4 Å². The van der Waals surface area contributed by atoms with Gasteiger partial charge in [-0.1, -0.05) is 31.5 Å². The summed E-state index contributed by atoms with van der Waals surface area (Å²) in [4.78, 5) is 46.2. The number of carbonyl (C=O) groups is 2. The molecule has 0 bridgehead atoms. The predicted molar refractivity (Wildman–Crippen MR) is 116 cm³/mol. The van der Waals surface area contributed by atoms with Gasteiger partial charge in [0.15, 0.2) is 0 Å². The Labute approximate surface area is 179 Å². The van der Waals surface area contributed by atoms with E-state index < -0.39 is 5.92 Å². The van der Waals surface area contributed by atoms with E-state index in [-0.39, 0.29) is 29.7 Å². The molecule has 2 N–H and O–H groups in total. The average Bonchev–Trinajstić information content (AvgIpc) is 3.31. The molecule has 0 unspecified atom stereocenters. The molecule has 1 aromatic carbocycles. The minimum absolute atomic E-state index is 0.0886. The number of aromatic nitrogens is 4. The summed E-state index contributed by atoms with van der Waals surface area (Å²) in [6.07, 6.45) is 1.65. The second-order valence-electron chi connectivity index (χ2n) is 7.62. The fourth-order valence-corrected chi connectivity index (χ4v) is 3.70.